The molecule has 0 saturated heterocycles. The summed E-state index contributed by atoms with van der Waals surface area (Å²) >= 11 is 5.37. The number of hydrogen-bond donors (Lipinski definition) is 2. The Morgan fingerprint density at radius 3 is 2.09 bits per heavy atom. The van der Waals surface area contributed by atoms with E-state index < -0.39 is 17.7 Å². The van der Waals surface area contributed by atoms with Crippen LogP contribution < -0.4 is 10.6 Å². The van der Waals surface area contributed by atoms with Crippen LogP contribution in [0.2, 0.25) is 0 Å². The molecule has 0 aliphatic heterocycles. The molecule has 0 radical (unpaired) electrons. The largest absolute Gasteiger partial charge is 0.458 e. The minimum Gasteiger partial charge on any atom is -0.458 e. The van der Waals surface area contributed by atoms with Gasteiger partial charge in [-0.05, 0) is 55.4 Å². The van der Waals surface area contributed by atoms with Gasteiger partial charge in [-0.1, -0.05) is 74.6 Å². The smallest absolute Gasteiger partial charge is 0.407 e. The molecule has 3 rings (SSSR count). The van der Waals surface area contributed by atoms with E-state index >= 15 is 0 Å². The predicted octanol–water partition coefficient (Wildman–Crippen LogP) is 5.20. The number of amides is 1. The first-order valence-corrected chi connectivity index (χ1v) is 12.1. The van der Waals surface area contributed by atoms with Crippen LogP contribution in [-0.2, 0) is 14.3 Å². The molecule has 2 N–H and O–H groups in total. The maximum atomic E-state index is 12.6. The van der Waals surface area contributed by atoms with Gasteiger partial charge in [0.25, 0.3) is 0 Å². The van der Waals surface area contributed by atoms with Gasteiger partial charge in [0.15, 0.2) is 0 Å². The van der Waals surface area contributed by atoms with Crippen molar-refractivity contribution in [2.24, 2.45) is 5.92 Å². The molecule has 2 aromatic rings. The first-order chi connectivity index (χ1) is 16.0. The molecule has 1 aliphatic carbocycles. The Kier molecular flexibility index (Phi) is 8.31. The zero-order chi connectivity index (χ0) is 24.9. The third-order valence-electron chi connectivity index (χ3n) is 5.47. The summed E-state index contributed by atoms with van der Waals surface area (Å²) < 4.78 is 11.1. The van der Waals surface area contributed by atoms with E-state index in [0.717, 1.165) is 11.1 Å². The number of carbonyl (C=O) groups excluding carboxylic acids is 2. The zero-order valence-electron chi connectivity index (χ0n) is 20.5. The lowest BCUT2D eigenvalue weighted by molar-refractivity contribution is -0.157. The van der Waals surface area contributed by atoms with E-state index in [1.165, 1.54) is 11.1 Å². The summed E-state index contributed by atoms with van der Waals surface area (Å²) in [6.45, 7) is 9.84. The van der Waals surface area contributed by atoms with Crippen molar-refractivity contribution in [2.45, 2.75) is 58.6 Å². The Morgan fingerprint density at radius 1 is 1.00 bits per heavy atom. The molecule has 1 atom stereocenters. The van der Waals surface area contributed by atoms with E-state index in [2.05, 4.69) is 34.9 Å². The summed E-state index contributed by atoms with van der Waals surface area (Å²) in [5, 5.41) is 5.72. The Balaban J connectivity index is 1.53. The number of nitrogens with one attached hydrogen (secondary N) is 2. The molecule has 182 valence electrons. The lowest BCUT2D eigenvalue weighted by atomic mass is 9.98. The van der Waals surface area contributed by atoms with E-state index in [-0.39, 0.29) is 31.0 Å². The highest BCUT2D eigenvalue weighted by Crippen LogP contribution is 2.44. The molecule has 7 heteroatoms. The minimum atomic E-state index is -0.588. The van der Waals surface area contributed by atoms with Crippen molar-refractivity contribution in [3.8, 4) is 11.1 Å². The van der Waals surface area contributed by atoms with Crippen LogP contribution in [0.5, 0.6) is 0 Å². The Labute approximate surface area is 207 Å². The fourth-order valence-electron chi connectivity index (χ4n) is 4.11. The summed E-state index contributed by atoms with van der Waals surface area (Å²) in [5.41, 5.74) is 4.08. The van der Waals surface area contributed by atoms with E-state index in [0.29, 0.717) is 11.4 Å². The average Bonchev–Trinajstić information content (AvgIpc) is 3.08. The second-order valence-corrected chi connectivity index (χ2v) is 10.5. The van der Waals surface area contributed by atoms with E-state index in [1.807, 2.05) is 58.9 Å². The molecule has 0 fully saturated rings. The standard InChI is InChI=1S/C27H34N2O4S/c1-17(2)14-23(25(30)33-27(3,4)5)29-24(34)15-28-26(31)32-16-22-20-12-8-6-10-18(20)19-11-7-9-13-21(19)22/h6-13,17,22-23H,14-16H2,1-5H3,(H,28,31)(H,29,34)/t23-/m0/s1. The number of ether oxygens (including phenoxy) is 2. The van der Waals surface area contributed by atoms with Gasteiger partial charge in [-0.2, -0.15) is 0 Å². The fraction of sp³-hybridized carbons (Fsp3) is 0.444. The Morgan fingerprint density at radius 2 is 1.56 bits per heavy atom. The molecule has 1 amide bonds. The van der Waals surface area contributed by atoms with Crippen molar-refractivity contribution in [3.05, 3.63) is 59.7 Å². The molecule has 0 saturated carbocycles. The number of hydrogen-bond acceptors (Lipinski definition) is 5. The van der Waals surface area contributed by atoms with E-state index in [9.17, 15) is 9.59 Å². The SMILES string of the molecule is CC(C)C[C@H](NC(=S)CNC(=O)OCC1c2ccccc2-c2ccccc21)C(=O)OC(C)(C)C. The van der Waals surface area contributed by atoms with Gasteiger partial charge < -0.3 is 20.1 Å². The van der Waals surface area contributed by atoms with Gasteiger partial charge in [-0.3, -0.25) is 0 Å². The van der Waals surface area contributed by atoms with Crippen LogP contribution in [0.25, 0.3) is 11.1 Å². The van der Waals surface area contributed by atoms with Crippen molar-refractivity contribution in [1.82, 2.24) is 10.6 Å². The second-order valence-electron chi connectivity index (χ2n) is 9.96. The molecule has 0 heterocycles. The van der Waals surface area contributed by atoms with Crippen LogP contribution in [0.3, 0.4) is 0 Å². The molecule has 6 nitrogen and oxygen atoms in total. The summed E-state index contributed by atoms with van der Waals surface area (Å²) in [5.74, 6) is -0.0987. The molecular formula is C27H34N2O4S. The van der Waals surface area contributed by atoms with Crippen molar-refractivity contribution in [3.63, 3.8) is 0 Å². The molecule has 0 bridgehead atoms. The third-order valence-corrected chi connectivity index (χ3v) is 5.73. The number of thiocarbonyl (C=S) groups is 1. The summed E-state index contributed by atoms with van der Waals surface area (Å²) in [7, 11) is 0. The maximum absolute atomic E-state index is 12.6. The van der Waals surface area contributed by atoms with Crippen molar-refractivity contribution in [1.29, 1.82) is 0 Å². The highest BCUT2D eigenvalue weighted by atomic mass is 32.1. The number of benzene rings is 2. The van der Waals surface area contributed by atoms with Gasteiger partial charge in [-0.15, -0.1) is 0 Å². The lowest BCUT2D eigenvalue weighted by Crippen LogP contribution is -2.47. The summed E-state index contributed by atoms with van der Waals surface area (Å²) in [6, 6.07) is 15.8. The van der Waals surface area contributed by atoms with E-state index in [4.69, 9.17) is 21.7 Å². The highest BCUT2D eigenvalue weighted by molar-refractivity contribution is 7.80. The third kappa shape index (κ3) is 6.79. The monoisotopic (exact) mass is 482 g/mol. The van der Waals surface area contributed by atoms with Crippen LogP contribution >= 0.6 is 12.2 Å². The number of carbonyl (C=O) groups is 2. The van der Waals surface area contributed by atoms with Crippen LogP contribution in [0, 0.1) is 5.92 Å². The van der Waals surface area contributed by atoms with Crippen LogP contribution in [0.4, 0.5) is 4.79 Å². The molecule has 34 heavy (non-hydrogen) atoms. The van der Waals surface area contributed by atoms with Crippen molar-refractivity contribution in [2.75, 3.05) is 13.2 Å². The maximum Gasteiger partial charge on any atom is 0.407 e. The summed E-state index contributed by atoms with van der Waals surface area (Å²) in [4.78, 5) is 25.3. The topological polar surface area (TPSA) is 76.7 Å². The molecule has 0 unspecified atom stereocenters. The van der Waals surface area contributed by atoms with Crippen LogP contribution in [-0.4, -0.2) is 41.8 Å². The van der Waals surface area contributed by atoms with Gasteiger partial charge in [0.2, 0.25) is 0 Å². The predicted molar refractivity (Wildman–Crippen MR) is 138 cm³/mol. The quantitative estimate of drug-likeness (QED) is 0.398. The van der Waals surface area contributed by atoms with Crippen molar-refractivity contribution >= 4 is 29.3 Å². The fourth-order valence-corrected chi connectivity index (χ4v) is 4.32. The van der Waals surface area contributed by atoms with Gasteiger partial charge in [0.05, 0.1) is 11.5 Å². The molecular weight excluding hydrogens is 448 g/mol. The second kappa shape index (κ2) is 11.0. The molecule has 0 aromatic heterocycles. The number of rotatable bonds is 8. The van der Waals surface area contributed by atoms with Crippen LogP contribution in [0.15, 0.2) is 48.5 Å². The highest BCUT2D eigenvalue weighted by Gasteiger charge is 2.29. The molecule has 1 aliphatic rings. The molecule has 0 spiro atoms. The van der Waals surface area contributed by atoms with Gasteiger partial charge in [-0.25, -0.2) is 9.59 Å². The number of esters is 1. The van der Waals surface area contributed by atoms with Crippen molar-refractivity contribution < 1.29 is 19.1 Å². The average molecular weight is 483 g/mol. The Bertz CT molecular complexity index is 999. The first kappa shape index (κ1) is 25.7. The number of alkyl carbamates (subject to hydrolysis) is 1. The first-order valence-electron chi connectivity index (χ1n) is 11.7. The van der Waals surface area contributed by atoms with Gasteiger partial charge in [0, 0.05) is 5.92 Å². The molecule has 2 aromatic carbocycles. The van der Waals surface area contributed by atoms with Crippen LogP contribution in [0.1, 0.15) is 58.1 Å². The minimum absolute atomic E-state index is 0.00850. The zero-order valence-corrected chi connectivity index (χ0v) is 21.3. The lowest BCUT2D eigenvalue weighted by Gasteiger charge is -2.26. The number of fused-ring (bicyclic) bond motifs is 3. The van der Waals surface area contributed by atoms with Gasteiger partial charge >= 0.3 is 12.1 Å². The summed E-state index contributed by atoms with van der Waals surface area (Å²) in [6.07, 6.45) is 0.0173. The van der Waals surface area contributed by atoms with E-state index in [1.54, 1.807) is 0 Å². The Hall–Kier alpha value is -2.93. The normalized spacial score (nSPS) is 13.6. The van der Waals surface area contributed by atoms with Gasteiger partial charge in [0.1, 0.15) is 18.2 Å².